The van der Waals surface area contributed by atoms with Gasteiger partial charge in [-0.1, -0.05) is 58.8 Å². The van der Waals surface area contributed by atoms with Crippen molar-refractivity contribution in [3.63, 3.8) is 0 Å². The maximum Gasteiger partial charge on any atom is 0.0414 e. The quantitative estimate of drug-likeness (QED) is 0.482. The SMILES string of the molecule is CCCCCCCCCC(NCC)c1cc(C)c(C)s1. The van der Waals surface area contributed by atoms with Crippen LogP contribution in [0.25, 0.3) is 0 Å². The van der Waals surface area contributed by atoms with Crippen LogP contribution in [0, 0.1) is 13.8 Å². The summed E-state index contributed by atoms with van der Waals surface area (Å²) in [6.45, 7) is 10.0. The van der Waals surface area contributed by atoms with Gasteiger partial charge in [-0.15, -0.1) is 11.3 Å². The Morgan fingerprint density at radius 3 is 2.20 bits per heavy atom. The smallest absolute Gasteiger partial charge is 0.0414 e. The Labute approximate surface area is 130 Å². The number of rotatable bonds is 11. The number of nitrogens with one attached hydrogen (secondary N) is 1. The Morgan fingerprint density at radius 1 is 1.00 bits per heavy atom. The van der Waals surface area contributed by atoms with E-state index in [-0.39, 0.29) is 0 Å². The summed E-state index contributed by atoms with van der Waals surface area (Å²) in [5.74, 6) is 0. The van der Waals surface area contributed by atoms with Gasteiger partial charge in [0.25, 0.3) is 0 Å². The first kappa shape index (κ1) is 17.7. The van der Waals surface area contributed by atoms with Crippen LogP contribution < -0.4 is 5.32 Å². The van der Waals surface area contributed by atoms with Gasteiger partial charge in [-0.2, -0.15) is 0 Å². The molecule has 0 aliphatic rings. The van der Waals surface area contributed by atoms with E-state index in [4.69, 9.17) is 0 Å². The fourth-order valence-corrected chi connectivity index (χ4v) is 3.82. The molecule has 0 bridgehead atoms. The molecule has 1 unspecified atom stereocenters. The van der Waals surface area contributed by atoms with Gasteiger partial charge in [0.1, 0.15) is 0 Å². The summed E-state index contributed by atoms with van der Waals surface area (Å²) in [5.41, 5.74) is 1.45. The van der Waals surface area contributed by atoms with Crippen LogP contribution in [0.2, 0.25) is 0 Å². The maximum absolute atomic E-state index is 3.66. The zero-order chi connectivity index (χ0) is 14.8. The summed E-state index contributed by atoms with van der Waals surface area (Å²) in [5, 5.41) is 3.66. The molecule has 1 atom stereocenters. The van der Waals surface area contributed by atoms with Crippen molar-refractivity contribution in [1.82, 2.24) is 5.32 Å². The lowest BCUT2D eigenvalue weighted by Gasteiger charge is -2.16. The molecule has 20 heavy (non-hydrogen) atoms. The molecule has 0 spiro atoms. The Hall–Kier alpha value is -0.340. The summed E-state index contributed by atoms with van der Waals surface area (Å²) in [6, 6.07) is 2.96. The molecule has 1 heterocycles. The monoisotopic (exact) mass is 295 g/mol. The fraction of sp³-hybridized carbons (Fsp3) is 0.778. The molecule has 0 saturated carbocycles. The van der Waals surface area contributed by atoms with E-state index in [1.54, 1.807) is 0 Å². The van der Waals surface area contributed by atoms with Crippen LogP contribution in [-0.2, 0) is 0 Å². The average Bonchev–Trinajstić information content (AvgIpc) is 2.76. The largest absolute Gasteiger partial charge is 0.310 e. The number of hydrogen-bond acceptors (Lipinski definition) is 2. The van der Waals surface area contributed by atoms with Crippen LogP contribution in [-0.4, -0.2) is 6.54 Å². The first-order valence-electron chi connectivity index (χ1n) is 8.49. The lowest BCUT2D eigenvalue weighted by Crippen LogP contribution is -2.19. The highest BCUT2D eigenvalue weighted by molar-refractivity contribution is 7.12. The minimum Gasteiger partial charge on any atom is -0.310 e. The molecular formula is C18H33NS. The molecule has 2 heteroatoms. The van der Waals surface area contributed by atoms with E-state index in [2.05, 4.69) is 39.1 Å². The Morgan fingerprint density at radius 2 is 1.65 bits per heavy atom. The molecule has 0 saturated heterocycles. The summed E-state index contributed by atoms with van der Waals surface area (Å²) < 4.78 is 0. The zero-order valence-corrected chi connectivity index (χ0v) is 14.7. The van der Waals surface area contributed by atoms with E-state index in [1.807, 2.05) is 11.3 Å². The Kier molecular flexibility index (Phi) is 9.21. The average molecular weight is 296 g/mol. The molecule has 1 aromatic heterocycles. The van der Waals surface area contributed by atoms with E-state index in [0.717, 1.165) is 6.54 Å². The summed E-state index contributed by atoms with van der Waals surface area (Å²) in [6.07, 6.45) is 11.1. The number of aryl methyl sites for hydroxylation is 2. The van der Waals surface area contributed by atoms with Gasteiger partial charge in [-0.25, -0.2) is 0 Å². The van der Waals surface area contributed by atoms with E-state index in [9.17, 15) is 0 Å². The number of thiophene rings is 1. The second-order valence-electron chi connectivity index (χ2n) is 5.91. The van der Waals surface area contributed by atoms with Crippen molar-refractivity contribution in [3.05, 3.63) is 21.4 Å². The maximum atomic E-state index is 3.66. The van der Waals surface area contributed by atoms with E-state index >= 15 is 0 Å². The Balaban J connectivity index is 2.29. The minimum absolute atomic E-state index is 0.577. The molecule has 0 radical (unpaired) electrons. The third-order valence-corrected chi connectivity index (χ3v) is 5.34. The molecule has 1 N–H and O–H groups in total. The van der Waals surface area contributed by atoms with Crippen LogP contribution in [0.5, 0.6) is 0 Å². The van der Waals surface area contributed by atoms with Crippen LogP contribution in [0.1, 0.15) is 86.6 Å². The number of unbranched alkanes of at least 4 members (excludes halogenated alkanes) is 6. The minimum atomic E-state index is 0.577. The van der Waals surface area contributed by atoms with Gasteiger partial charge in [0.2, 0.25) is 0 Å². The summed E-state index contributed by atoms with van der Waals surface area (Å²) >= 11 is 1.97. The van der Waals surface area contributed by atoms with E-state index < -0.39 is 0 Å². The topological polar surface area (TPSA) is 12.0 Å². The zero-order valence-electron chi connectivity index (χ0n) is 13.9. The first-order chi connectivity index (χ1) is 9.69. The second kappa shape index (κ2) is 10.4. The molecule has 1 aromatic rings. The van der Waals surface area contributed by atoms with Gasteiger partial charge in [0.15, 0.2) is 0 Å². The van der Waals surface area contributed by atoms with Gasteiger partial charge < -0.3 is 5.32 Å². The van der Waals surface area contributed by atoms with Gasteiger partial charge in [-0.3, -0.25) is 0 Å². The van der Waals surface area contributed by atoms with Crippen molar-refractivity contribution in [2.24, 2.45) is 0 Å². The lowest BCUT2D eigenvalue weighted by atomic mass is 10.0. The standard InChI is InChI=1S/C18H33NS/c1-5-7-8-9-10-11-12-13-17(19-6-2)18-14-15(3)16(4)20-18/h14,17,19H,5-13H2,1-4H3. The molecule has 0 aliphatic carbocycles. The summed E-state index contributed by atoms with van der Waals surface area (Å²) in [4.78, 5) is 3.01. The van der Waals surface area contributed by atoms with Gasteiger partial charge in [0, 0.05) is 15.8 Å². The molecule has 1 nitrogen and oxygen atoms in total. The predicted molar refractivity (Wildman–Crippen MR) is 92.8 cm³/mol. The third kappa shape index (κ3) is 6.41. The van der Waals surface area contributed by atoms with Crippen molar-refractivity contribution in [2.45, 2.75) is 85.1 Å². The van der Waals surface area contributed by atoms with Gasteiger partial charge in [-0.05, 0) is 38.4 Å². The highest BCUT2D eigenvalue weighted by Crippen LogP contribution is 2.29. The molecule has 0 amide bonds. The first-order valence-corrected chi connectivity index (χ1v) is 9.31. The lowest BCUT2D eigenvalue weighted by molar-refractivity contribution is 0.481. The van der Waals surface area contributed by atoms with E-state index in [0.29, 0.717) is 6.04 Å². The highest BCUT2D eigenvalue weighted by atomic mass is 32.1. The Bertz CT molecular complexity index is 337. The molecule has 0 aliphatic heterocycles. The van der Waals surface area contributed by atoms with Crippen molar-refractivity contribution < 1.29 is 0 Å². The van der Waals surface area contributed by atoms with Gasteiger partial charge in [0.05, 0.1) is 0 Å². The van der Waals surface area contributed by atoms with Crippen LogP contribution >= 0.6 is 11.3 Å². The van der Waals surface area contributed by atoms with E-state index in [1.165, 1.54) is 66.7 Å². The van der Waals surface area contributed by atoms with Gasteiger partial charge >= 0.3 is 0 Å². The van der Waals surface area contributed by atoms with Crippen LogP contribution in [0.3, 0.4) is 0 Å². The highest BCUT2D eigenvalue weighted by Gasteiger charge is 2.13. The fourth-order valence-electron chi connectivity index (χ4n) is 2.67. The predicted octanol–water partition coefficient (Wildman–Crippen LogP) is 6.16. The normalized spacial score (nSPS) is 12.8. The third-order valence-electron chi connectivity index (χ3n) is 4.08. The van der Waals surface area contributed by atoms with Crippen molar-refractivity contribution in [1.29, 1.82) is 0 Å². The molecule has 1 rings (SSSR count). The van der Waals surface area contributed by atoms with Crippen molar-refractivity contribution in [3.8, 4) is 0 Å². The number of hydrogen-bond donors (Lipinski definition) is 1. The molecule has 0 fully saturated rings. The van der Waals surface area contributed by atoms with Crippen molar-refractivity contribution in [2.75, 3.05) is 6.54 Å². The second-order valence-corrected chi connectivity index (χ2v) is 7.20. The van der Waals surface area contributed by atoms with Crippen LogP contribution in [0.4, 0.5) is 0 Å². The molecule has 0 aromatic carbocycles. The molecule has 116 valence electrons. The van der Waals surface area contributed by atoms with Crippen molar-refractivity contribution >= 4 is 11.3 Å². The van der Waals surface area contributed by atoms with Crippen LogP contribution in [0.15, 0.2) is 6.07 Å². The molecular weight excluding hydrogens is 262 g/mol. The summed E-state index contributed by atoms with van der Waals surface area (Å²) in [7, 11) is 0.